The summed E-state index contributed by atoms with van der Waals surface area (Å²) in [6, 6.07) is 2.04. The number of aromatic nitrogens is 3. The maximum Gasteiger partial charge on any atom is 0.410 e. The van der Waals surface area contributed by atoms with E-state index in [2.05, 4.69) is 19.9 Å². The number of anilines is 1. The lowest BCUT2D eigenvalue weighted by molar-refractivity contribution is -0.0370. The number of carbonyl (C=O) groups excluding carboxylic acids is 1. The molecule has 8 nitrogen and oxygen atoms in total. The molecular weight excluding hydrogens is 334 g/mol. The number of ether oxygens (including phenoxy) is 2. The molecule has 2 aliphatic rings. The molecule has 2 aromatic rings. The lowest BCUT2D eigenvalue weighted by Crippen LogP contribution is -2.61. The molecule has 1 N–H and O–H groups in total. The van der Waals surface area contributed by atoms with Crippen LogP contribution in [0.25, 0.3) is 11.0 Å². The van der Waals surface area contributed by atoms with Crippen LogP contribution < -0.4 is 4.90 Å². The molecule has 0 bridgehead atoms. The van der Waals surface area contributed by atoms with Crippen LogP contribution in [0.5, 0.6) is 0 Å². The van der Waals surface area contributed by atoms with E-state index in [0.717, 1.165) is 29.8 Å². The van der Waals surface area contributed by atoms with Gasteiger partial charge in [0.15, 0.2) is 0 Å². The van der Waals surface area contributed by atoms with Gasteiger partial charge in [-0.3, -0.25) is 0 Å². The molecule has 2 atom stereocenters. The second-order valence-corrected chi connectivity index (χ2v) is 7.82. The van der Waals surface area contributed by atoms with Crippen molar-refractivity contribution in [3.05, 3.63) is 18.6 Å². The third-order valence-electron chi connectivity index (χ3n) is 4.84. The predicted molar refractivity (Wildman–Crippen MR) is 97.2 cm³/mol. The van der Waals surface area contributed by atoms with Gasteiger partial charge in [0.25, 0.3) is 0 Å². The molecule has 0 spiro atoms. The number of amides is 1. The molecule has 4 rings (SSSR count). The Morgan fingerprint density at radius 2 is 2.19 bits per heavy atom. The second-order valence-electron chi connectivity index (χ2n) is 7.82. The highest BCUT2D eigenvalue weighted by Gasteiger charge is 2.40. The minimum Gasteiger partial charge on any atom is -0.444 e. The summed E-state index contributed by atoms with van der Waals surface area (Å²) >= 11 is 0. The van der Waals surface area contributed by atoms with E-state index in [-0.39, 0.29) is 18.2 Å². The maximum absolute atomic E-state index is 12.5. The smallest absolute Gasteiger partial charge is 0.410 e. The standard InChI is InChI=1S/C18H25N5O3/c1-18(2,3)26-17(24)22-7-5-14-13(10-22)23(8-9-25-14)16-12-4-6-19-15(12)20-11-21-16/h4,6,11,13-14H,5,7-10H2,1-3H3,(H,19,20,21). The largest absolute Gasteiger partial charge is 0.444 e. The maximum atomic E-state index is 12.5. The summed E-state index contributed by atoms with van der Waals surface area (Å²) in [7, 11) is 0. The van der Waals surface area contributed by atoms with E-state index in [4.69, 9.17) is 9.47 Å². The summed E-state index contributed by atoms with van der Waals surface area (Å²) in [6.07, 6.45) is 4.06. The summed E-state index contributed by atoms with van der Waals surface area (Å²) in [5.74, 6) is 0.889. The number of fused-ring (bicyclic) bond motifs is 2. The summed E-state index contributed by atoms with van der Waals surface area (Å²) in [6.45, 7) is 8.26. The van der Waals surface area contributed by atoms with E-state index in [1.165, 1.54) is 0 Å². The van der Waals surface area contributed by atoms with Crippen molar-refractivity contribution in [2.24, 2.45) is 0 Å². The van der Waals surface area contributed by atoms with Gasteiger partial charge in [-0.25, -0.2) is 14.8 Å². The van der Waals surface area contributed by atoms with Crippen LogP contribution in [0.4, 0.5) is 10.6 Å². The van der Waals surface area contributed by atoms with E-state index in [9.17, 15) is 4.79 Å². The quantitative estimate of drug-likeness (QED) is 0.840. The highest BCUT2D eigenvalue weighted by Crippen LogP contribution is 2.31. The molecule has 0 saturated carbocycles. The fourth-order valence-electron chi connectivity index (χ4n) is 3.71. The Morgan fingerprint density at radius 1 is 1.35 bits per heavy atom. The lowest BCUT2D eigenvalue weighted by atomic mass is 9.98. The van der Waals surface area contributed by atoms with Gasteiger partial charge >= 0.3 is 6.09 Å². The average Bonchev–Trinajstić information content (AvgIpc) is 3.08. The third-order valence-corrected chi connectivity index (χ3v) is 4.84. The topological polar surface area (TPSA) is 83.6 Å². The minimum absolute atomic E-state index is 0.0537. The zero-order chi connectivity index (χ0) is 18.3. The van der Waals surface area contributed by atoms with Gasteiger partial charge in [0.1, 0.15) is 23.4 Å². The van der Waals surface area contributed by atoms with Gasteiger partial charge in [-0.15, -0.1) is 0 Å². The Labute approximate surface area is 152 Å². The molecule has 1 amide bonds. The summed E-state index contributed by atoms with van der Waals surface area (Å²) in [4.78, 5) is 28.5. The number of piperidine rings is 1. The molecule has 4 heterocycles. The van der Waals surface area contributed by atoms with E-state index >= 15 is 0 Å². The average molecular weight is 359 g/mol. The van der Waals surface area contributed by atoms with Crippen LogP contribution in [0.2, 0.25) is 0 Å². The molecule has 2 aliphatic heterocycles. The predicted octanol–water partition coefficient (Wildman–Crippen LogP) is 2.17. The summed E-state index contributed by atoms with van der Waals surface area (Å²) < 4.78 is 11.5. The van der Waals surface area contributed by atoms with E-state index in [0.29, 0.717) is 19.7 Å². The molecular formula is C18H25N5O3. The first-order valence-corrected chi connectivity index (χ1v) is 9.06. The van der Waals surface area contributed by atoms with Crippen molar-refractivity contribution in [3.63, 3.8) is 0 Å². The number of hydrogen-bond acceptors (Lipinski definition) is 6. The number of rotatable bonds is 1. The number of carbonyl (C=O) groups is 1. The second kappa shape index (κ2) is 6.42. The van der Waals surface area contributed by atoms with E-state index in [1.54, 1.807) is 11.2 Å². The van der Waals surface area contributed by atoms with Crippen LogP contribution in [0.15, 0.2) is 18.6 Å². The molecule has 8 heteroatoms. The number of H-pyrrole nitrogens is 1. The first-order valence-electron chi connectivity index (χ1n) is 9.06. The monoisotopic (exact) mass is 359 g/mol. The first-order chi connectivity index (χ1) is 12.4. The van der Waals surface area contributed by atoms with Crippen LogP contribution in [0.3, 0.4) is 0 Å². The van der Waals surface area contributed by atoms with Crippen molar-refractivity contribution in [2.45, 2.75) is 44.9 Å². The van der Waals surface area contributed by atoms with Gasteiger partial charge < -0.3 is 24.3 Å². The van der Waals surface area contributed by atoms with E-state index in [1.807, 2.05) is 33.0 Å². The lowest BCUT2D eigenvalue weighted by Gasteiger charge is -2.47. The Morgan fingerprint density at radius 3 is 3.00 bits per heavy atom. The first kappa shape index (κ1) is 17.1. The van der Waals surface area contributed by atoms with Gasteiger partial charge in [-0.05, 0) is 33.3 Å². The number of nitrogens with one attached hydrogen (secondary N) is 1. The van der Waals surface area contributed by atoms with Gasteiger partial charge in [-0.1, -0.05) is 0 Å². The third kappa shape index (κ3) is 3.21. The molecule has 2 fully saturated rings. The number of morpholine rings is 1. The molecule has 2 aromatic heterocycles. The van der Waals surface area contributed by atoms with Crippen molar-refractivity contribution in [2.75, 3.05) is 31.1 Å². The molecule has 2 saturated heterocycles. The normalized spacial score (nSPS) is 23.8. The summed E-state index contributed by atoms with van der Waals surface area (Å²) in [5, 5.41) is 0.988. The van der Waals surface area contributed by atoms with Gasteiger partial charge in [0.2, 0.25) is 0 Å². The van der Waals surface area contributed by atoms with Crippen LogP contribution in [-0.4, -0.2) is 69.9 Å². The molecule has 140 valence electrons. The van der Waals surface area contributed by atoms with Crippen molar-refractivity contribution in [1.82, 2.24) is 19.9 Å². The Balaban J connectivity index is 1.59. The Bertz CT molecular complexity index is 799. The van der Waals surface area contributed by atoms with Crippen molar-refractivity contribution < 1.29 is 14.3 Å². The van der Waals surface area contributed by atoms with Gasteiger partial charge in [-0.2, -0.15) is 0 Å². The number of nitrogens with zero attached hydrogens (tertiary/aromatic N) is 4. The Hall–Kier alpha value is -2.35. The Kier molecular flexibility index (Phi) is 4.22. The highest BCUT2D eigenvalue weighted by atomic mass is 16.6. The fourth-order valence-corrected chi connectivity index (χ4v) is 3.71. The van der Waals surface area contributed by atoms with Crippen LogP contribution in [0.1, 0.15) is 27.2 Å². The fraction of sp³-hybridized carbons (Fsp3) is 0.611. The van der Waals surface area contributed by atoms with Crippen molar-refractivity contribution in [3.8, 4) is 0 Å². The number of likely N-dealkylation sites (tertiary alicyclic amines) is 1. The van der Waals surface area contributed by atoms with Gasteiger partial charge in [0.05, 0.1) is 24.1 Å². The molecule has 2 unspecified atom stereocenters. The zero-order valence-corrected chi connectivity index (χ0v) is 15.4. The van der Waals surface area contributed by atoms with Crippen LogP contribution in [-0.2, 0) is 9.47 Å². The molecule has 0 radical (unpaired) electrons. The number of aromatic amines is 1. The molecule has 0 aliphatic carbocycles. The SMILES string of the molecule is CC(C)(C)OC(=O)N1CCC2OCCN(c3ncnc4[nH]ccc34)C2C1. The van der Waals surface area contributed by atoms with Crippen molar-refractivity contribution >= 4 is 22.9 Å². The van der Waals surface area contributed by atoms with Crippen LogP contribution in [0, 0.1) is 0 Å². The number of hydrogen-bond donors (Lipinski definition) is 1. The molecule has 0 aromatic carbocycles. The highest BCUT2D eigenvalue weighted by molar-refractivity contribution is 5.87. The van der Waals surface area contributed by atoms with Gasteiger partial charge in [0, 0.05) is 25.8 Å². The summed E-state index contributed by atoms with van der Waals surface area (Å²) in [5.41, 5.74) is 0.318. The zero-order valence-electron chi connectivity index (χ0n) is 15.4. The minimum atomic E-state index is -0.499. The van der Waals surface area contributed by atoms with Crippen LogP contribution >= 0.6 is 0 Å². The molecule has 26 heavy (non-hydrogen) atoms. The van der Waals surface area contributed by atoms with Crippen molar-refractivity contribution in [1.29, 1.82) is 0 Å². The van der Waals surface area contributed by atoms with E-state index < -0.39 is 5.60 Å².